The summed E-state index contributed by atoms with van der Waals surface area (Å²) < 4.78 is 15.1. The highest BCUT2D eigenvalue weighted by atomic mass is 16.6. The van der Waals surface area contributed by atoms with Crippen molar-refractivity contribution in [3.8, 4) is 11.5 Å². The Labute approximate surface area is 139 Å². The van der Waals surface area contributed by atoms with Crippen LogP contribution in [0.3, 0.4) is 0 Å². The molecule has 1 unspecified atom stereocenters. The van der Waals surface area contributed by atoms with Crippen molar-refractivity contribution in [2.75, 3.05) is 20.8 Å². The van der Waals surface area contributed by atoms with Crippen molar-refractivity contribution in [3.63, 3.8) is 0 Å². The van der Waals surface area contributed by atoms with Crippen molar-refractivity contribution in [1.82, 2.24) is 0 Å². The predicted octanol–water partition coefficient (Wildman–Crippen LogP) is 1.97. The summed E-state index contributed by atoms with van der Waals surface area (Å²) in [5.41, 5.74) is 0.428. The number of carbonyl (C=O) groups is 2. The van der Waals surface area contributed by atoms with Gasteiger partial charge >= 0.3 is 12.0 Å². The van der Waals surface area contributed by atoms with E-state index in [2.05, 4.69) is 0 Å². The van der Waals surface area contributed by atoms with Gasteiger partial charge in [0.25, 0.3) is 0 Å². The molecule has 0 spiro atoms. The van der Waals surface area contributed by atoms with E-state index in [9.17, 15) is 19.7 Å². The number of hydrogen-bond donors (Lipinski definition) is 0. The monoisotopic (exact) mass is 339 g/mol. The minimum absolute atomic E-state index is 0.0158. The van der Waals surface area contributed by atoms with E-state index in [1.807, 2.05) is 0 Å². The first-order chi connectivity index (χ1) is 11.3. The van der Waals surface area contributed by atoms with E-state index in [1.165, 1.54) is 27.2 Å². The van der Waals surface area contributed by atoms with Gasteiger partial charge in [-0.3, -0.25) is 10.1 Å². The lowest BCUT2D eigenvalue weighted by molar-refractivity contribution is -0.514. The van der Waals surface area contributed by atoms with Crippen LogP contribution in [0.2, 0.25) is 0 Å². The number of benzene rings is 1. The Bertz CT molecular complexity index is 614. The van der Waals surface area contributed by atoms with Crippen molar-refractivity contribution < 1.29 is 28.7 Å². The average Bonchev–Trinajstić information content (AvgIpc) is 2.53. The molecule has 0 amide bonds. The number of hydrogen-bond acceptors (Lipinski definition) is 7. The molecule has 0 fully saturated rings. The first-order valence-electron chi connectivity index (χ1n) is 7.37. The smallest absolute Gasteiger partial charge is 0.382 e. The molecule has 0 aliphatic rings. The van der Waals surface area contributed by atoms with E-state index >= 15 is 0 Å². The Kier molecular flexibility index (Phi) is 7.16. The second kappa shape index (κ2) is 8.85. The molecule has 0 heterocycles. The number of nitrogens with zero attached hydrogens (tertiary/aromatic N) is 1. The van der Waals surface area contributed by atoms with Crippen LogP contribution in [0.4, 0.5) is 0 Å². The Morgan fingerprint density at radius 2 is 1.83 bits per heavy atom. The lowest BCUT2D eigenvalue weighted by atomic mass is 9.87. The molecule has 0 N–H and O–H groups in total. The topological polar surface area (TPSA) is 105 Å². The molecule has 0 saturated heterocycles. The van der Waals surface area contributed by atoms with Crippen molar-refractivity contribution in [3.05, 3.63) is 33.9 Å². The maximum Gasteiger partial charge on any atom is 0.382 e. The minimum Gasteiger partial charge on any atom is -0.493 e. The van der Waals surface area contributed by atoms with Crippen LogP contribution in [0.25, 0.3) is 0 Å². The molecular weight excluding hydrogens is 318 g/mol. The molecule has 0 radical (unpaired) electrons. The quantitative estimate of drug-likeness (QED) is 0.385. The lowest BCUT2D eigenvalue weighted by Gasteiger charge is -2.20. The van der Waals surface area contributed by atoms with Gasteiger partial charge < -0.3 is 19.0 Å². The average molecular weight is 339 g/mol. The Hall–Kier alpha value is -2.64. The van der Waals surface area contributed by atoms with Crippen LogP contribution in [0.15, 0.2) is 18.2 Å². The second-order valence-electron chi connectivity index (χ2n) is 5.11. The summed E-state index contributed by atoms with van der Waals surface area (Å²) in [6.07, 6.45) is -0.167. The van der Waals surface area contributed by atoms with Gasteiger partial charge in [0.2, 0.25) is 0 Å². The van der Waals surface area contributed by atoms with Crippen LogP contribution in [0.1, 0.15) is 31.7 Å². The Morgan fingerprint density at radius 1 is 1.21 bits per heavy atom. The molecule has 1 rings (SSSR count). The maximum atomic E-state index is 12.0. The third-order valence-corrected chi connectivity index (χ3v) is 3.48. The molecule has 0 bridgehead atoms. The molecule has 1 aromatic rings. The summed E-state index contributed by atoms with van der Waals surface area (Å²) in [4.78, 5) is 34.3. The Balaban J connectivity index is 3.36. The van der Waals surface area contributed by atoms with E-state index in [0.717, 1.165) is 0 Å². The van der Waals surface area contributed by atoms with Gasteiger partial charge in [-0.2, -0.15) is 0 Å². The fraction of sp³-hybridized carbons (Fsp3) is 0.500. The van der Waals surface area contributed by atoms with Crippen LogP contribution in [-0.2, 0) is 14.3 Å². The van der Waals surface area contributed by atoms with E-state index < -0.39 is 22.9 Å². The standard InChI is InChI=1S/C16H21NO7/c1-5-24-16(19)15(17(20)21)12(8-10(2)18)11-6-7-13(22-3)14(9-11)23-4/h6-7,9,12,15H,5,8H2,1-4H3/t12-,15?/m0/s1. The van der Waals surface area contributed by atoms with Crippen molar-refractivity contribution in [2.24, 2.45) is 0 Å². The molecule has 2 atom stereocenters. The number of rotatable bonds is 9. The number of nitro groups is 1. The van der Waals surface area contributed by atoms with Gasteiger partial charge in [-0.25, -0.2) is 4.79 Å². The number of carbonyl (C=O) groups excluding carboxylic acids is 2. The molecule has 0 aliphatic carbocycles. The van der Waals surface area contributed by atoms with Crippen molar-refractivity contribution >= 4 is 11.8 Å². The summed E-state index contributed by atoms with van der Waals surface area (Å²) in [6, 6.07) is 3.00. The van der Waals surface area contributed by atoms with Crippen LogP contribution < -0.4 is 9.47 Å². The summed E-state index contributed by atoms with van der Waals surface area (Å²) in [6.45, 7) is 2.89. The maximum absolute atomic E-state index is 12.0. The van der Waals surface area contributed by atoms with Crippen molar-refractivity contribution in [1.29, 1.82) is 0 Å². The second-order valence-corrected chi connectivity index (χ2v) is 5.11. The third-order valence-electron chi connectivity index (χ3n) is 3.48. The van der Waals surface area contributed by atoms with E-state index in [0.29, 0.717) is 17.1 Å². The number of esters is 1. The van der Waals surface area contributed by atoms with Crippen molar-refractivity contribution in [2.45, 2.75) is 32.2 Å². The van der Waals surface area contributed by atoms with E-state index in [-0.39, 0.29) is 18.8 Å². The normalized spacial score (nSPS) is 12.8. The predicted molar refractivity (Wildman–Crippen MR) is 85.0 cm³/mol. The highest BCUT2D eigenvalue weighted by Gasteiger charge is 2.42. The number of ketones is 1. The van der Waals surface area contributed by atoms with Gasteiger partial charge in [-0.15, -0.1) is 0 Å². The molecule has 0 aromatic heterocycles. The molecule has 132 valence electrons. The summed E-state index contributed by atoms with van der Waals surface area (Å²) >= 11 is 0. The van der Waals surface area contributed by atoms with E-state index in [1.54, 1.807) is 19.1 Å². The van der Waals surface area contributed by atoms with Gasteiger partial charge in [-0.1, -0.05) is 6.07 Å². The summed E-state index contributed by atoms with van der Waals surface area (Å²) in [5, 5.41) is 11.4. The number of methoxy groups -OCH3 is 2. The molecule has 8 nitrogen and oxygen atoms in total. The lowest BCUT2D eigenvalue weighted by Crippen LogP contribution is -2.38. The fourth-order valence-electron chi connectivity index (χ4n) is 2.43. The molecule has 24 heavy (non-hydrogen) atoms. The molecule has 1 aromatic carbocycles. The minimum atomic E-state index is -1.67. The highest BCUT2D eigenvalue weighted by molar-refractivity contribution is 5.80. The van der Waals surface area contributed by atoms with Gasteiger partial charge in [0.1, 0.15) is 5.78 Å². The zero-order chi connectivity index (χ0) is 18.3. The summed E-state index contributed by atoms with van der Waals surface area (Å²) in [5.74, 6) is -1.41. The molecule has 8 heteroatoms. The zero-order valence-corrected chi connectivity index (χ0v) is 14.1. The molecular formula is C16H21NO7. The fourth-order valence-corrected chi connectivity index (χ4v) is 2.43. The zero-order valence-electron chi connectivity index (χ0n) is 14.1. The Morgan fingerprint density at radius 3 is 2.29 bits per heavy atom. The summed E-state index contributed by atoms with van der Waals surface area (Å²) in [7, 11) is 2.89. The number of ether oxygens (including phenoxy) is 3. The van der Waals surface area contributed by atoms with Gasteiger partial charge in [0.15, 0.2) is 11.5 Å². The van der Waals surface area contributed by atoms with Crippen LogP contribution in [0, 0.1) is 10.1 Å². The largest absolute Gasteiger partial charge is 0.493 e. The third kappa shape index (κ3) is 4.68. The number of Topliss-reactive ketones (excluding diaryl/α,β-unsaturated/α-hetero) is 1. The molecule has 0 aliphatic heterocycles. The van der Waals surface area contributed by atoms with Crippen LogP contribution in [0.5, 0.6) is 11.5 Å². The van der Waals surface area contributed by atoms with Gasteiger partial charge in [-0.05, 0) is 31.5 Å². The first-order valence-corrected chi connectivity index (χ1v) is 7.37. The van der Waals surface area contributed by atoms with Crippen LogP contribution >= 0.6 is 0 Å². The first kappa shape index (κ1) is 19.4. The van der Waals surface area contributed by atoms with Crippen LogP contribution in [-0.4, -0.2) is 43.5 Å². The van der Waals surface area contributed by atoms with Gasteiger partial charge in [0.05, 0.1) is 26.7 Å². The molecule has 0 saturated carbocycles. The van der Waals surface area contributed by atoms with Gasteiger partial charge in [0, 0.05) is 11.3 Å². The SMILES string of the molecule is CCOC(=O)C([C@@H](CC(C)=O)c1ccc(OC)c(OC)c1)[N+](=O)[O-]. The van der Waals surface area contributed by atoms with E-state index in [4.69, 9.17) is 14.2 Å². The highest BCUT2D eigenvalue weighted by Crippen LogP contribution is 2.34.